The fraction of sp³-hybridized carbons (Fsp3) is 0.0870. The number of benzene rings is 2. The molecule has 144 valence electrons. The highest BCUT2D eigenvalue weighted by molar-refractivity contribution is 7.13. The molecule has 1 unspecified atom stereocenters. The van der Waals surface area contributed by atoms with Crippen molar-refractivity contribution < 1.29 is 9.18 Å². The predicted molar refractivity (Wildman–Crippen MR) is 112 cm³/mol. The monoisotopic (exact) mass is 403 g/mol. The van der Waals surface area contributed by atoms with Gasteiger partial charge < -0.3 is 5.32 Å². The minimum atomic E-state index is -0.306. The SMILES string of the molecule is O=C(Cc1csc(-c2cccc(F)c2)n1)NC(c1ccccc1)c1ccncc1. The Balaban J connectivity index is 1.50. The van der Waals surface area contributed by atoms with Crippen molar-refractivity contribution in [3.05, 3.63) is 107 Å². The smallest absolute Gasteiger partial charge is 0.226 e. The molecular weight excluding hydrogens is 385 g/mol. The Bertz CT molecular complexity index is 1060. The first kappa shape index (κ1) is 19.0. The van der Waals surface area contributed by atoms with Gasteiger partial charge in [0, 0.05) is 23.3 Å². The summed E-state index contributed by atoms with van der Waals surface area (Å²) < 4.78 is 13.4. The van der Waals surface area contributed by atoms with Gasteiger partial charge >= 0.3 is 0 Å². The maximum atomic E-state index is 13.4. The highest BCUT2D eigenvalue weighted by Crippen LogP contribution is 2.25. The van der Waals surface area contributed by atoms with Crippen LogP contribution in [0.3, 0.4) is 0 Å². The van der Waals surface area contributed by atoms with E-state index in [4.69, 9.17) is 0 Å². The molecule has 4 rings (SSSR count). The summed E-state index contributed by atoms with van der Waals surface area (Å²) in [7, 11) is 0. The fourth-order valence-electron chi connectivity index (χ4n) is 3.08. The van der Waals surface area contributed by atoms with Crippen molar-refractivity contribution >= 4 is 17.2 Å². The van der Waals surface area contributed by atoms with Crippen molar-refractivity contribution in [3.8, 4) is 10.6 Å². The number of carbonyl (C=O) groups excluding carboxylic acids is 1. The van der Waals surface area contributed by atoms with Crippen molar-refractivity contribution in [2.24, 2.45) is 0 Å². The van der Waals surface area contributed by atoms with Gasteiger partial charge in [-0.3, -0.25) is 9.78 Å². The van der Waals surface area contributed by atoms with E-state index < -0.39 is 0 Å². The van der Waals surface area contributed by atoms with Gasteiger partial charge in [-0.25, -0.2) is 9.37 Å². The molecule has 29 heavy (non-hydrogen) atoms. The second kappa shape index (κ2) is 8.75. The van der Waals surface area contributed by atoms with Crippen molar-refractivity contribution in [2.75, 3.05) is 0 Å². The van der Waals surface area contributed by atoms with Gasteiger partial charge in [0.05, 0.1) is 18.2 Å². The van der Waals surface area contributed by atoms with Crippen LogP contribution >= 0.6 is 11.3 Å². The first-order valence-corrected chi connectivity index (χ1v) is 10.0. The average Bonchev–Trinajstić information content (AvgIpc) is 3.22. The van der Waals surface area contributed by atoms with Crippen molar-refractivity contribution in [2.45, 2.75) is 12.5 Å². The third kappa shape index (κ3) is 4.73. The van der Waals surface area contributed by atoms with Crippen molar-refractivity contribution in [1.82, 2.24) is 15.3 Å². The molecule has 0 aliphatic rings. The Hall–Kier alpha value is -3.38. The summed E-state index contributed by atoms with van der Waals surface area (Å²) in [5, 5.41) is 5.63. The summed E-state index contributed by atoms with van der Waals surface area (Å²) in [5.74, 6) is -0.438. The summed E-state index contributed by atoms with van der Waals surface area (Å²) >= 11 is 1.40. The maximum absolute atomic E-state index is 13.4. The summed E-state index contributed by atoms with van der Waals surface area (Å²) in [5.41, 5.74) is 3.32. The molecule has 4 nitrogen and oxygen atoms in total. The minimum Gasteiger partial charge on any atom is -0.345 e. The molecule has 6 heteroatoms. The van der Waals surface area contributed by atoms with E-state index in [0.29, 0.717) is 16.3 Å². The number of aromatic nitrogens is 2. The van der Waals surface area contributed by atoms with Gasteiger partial charge in [-0.15, -0.1) is 11.3 Å². The number of hydrogen-bond donors (Lipinski definition) is 1. The number of pyridine rings is 1. The standard InChI is InChI=1S/C23H18FN3OS/c24-19-8-4-7-18(13-19)23-26-20(15-29-23)14-21(28)27-22(16-5-2-1-3-6-16)17-9-11-25-12-10-17/h1-13,15,22H,14H2,(H,27,28). The molecular formula is C23H18FN3OS. The molecule has 0 fully saturated rings. The van der Waals surface area contributed by atoms with Crippen LogP contribution in [0.2, 0.25) is 0 Å². The molecule has 4 aromatic rings. The molecule has 0 saturated carbocycles. The molecule has 2 heterocycles. The second-order valence-corrected chi connectivity index (χ2v) is 7.38. The third-order valence-electron chi connectivity index (χ3n) is 4.44. The van der Waals surface area contributed by atoms with Crippen LogP contribution in [0, 0.1) is 5.82 Å². The Morgan fingerprint density at radius 3 is 2.52 bits per heavy atom. The summed E-state index contributed by atoms with van der Waals surface area (Å²) in [4.78, 5) is 21.3. The third-order valence-corrected chi connectivity index (χ3v) is 5.38. The topological polar surface area (TPSA) is 54.9 Å². The van der Waals surface area contributed by atoms with Crippen molar-refractivity contribution in [3.63, 3.8) is 0 Å². The van der Waals surface area contributed by atoms with E-state index in [9.17, 15) is 9.18 Å². The van der Waals surface area contributed by atoms with E-state index in [0.717, 1.165) is 11.1 Å². The lowest BCUT2D eigenvalue weighted by atomic mass is 9.99. The molecule has 0 aliphatic heterocycles. The molecule has 0 saturated heterocycles. The van der Waals surface area contributed by atoms with E-state index in [1.54, 1.807) is 24.5 Å². The quantitative estimate of drug-likeness (QED) is 0.503. The molecule has 1 atom stereocenters. The van der Waals surface area contributed by atoms with Gasteiger partial charge in [-0.2, -0.15) is 0 Å². The zero-order valence-electron chi connectivity index (χ0n) is 15.5. The van der Waals surface area contributed by atoms with Gasteiger partial charge in [-0.1, -0.05) is 42.5 Å². The van der Waals surface area contributed by atoms with Gasteiger partial charge in [-0.05, 0) is 35.4 Å². The van der Waals surface area contributed by atoms with E-state index >= 15 is 0 Å². The van der Waals surface area contributed by atoms with Crippen LogP contribution in [0.15, 0.2) is 84.5 Å². The van der Waals surface area contributed by atoms with E-state index in [2.05, 4.69) is 15.3 Å². The van der Waals surface area contributed by atoms with Gasteiger partial charge in [0.25, 0.3) is 0 Å². The zero-order chi connectivity index (χ0) is 20.1. The molecule has 0 bridgehead atoms. The maximum Gasteiger partial charge on any atom is 0.226 e. The largest absolute Gasteiger partial charge is 0.345 e. The second-order valence-electron chi connectivity index (χ2n) is 6.52. The fourth-order valence-corrected chi connectivity index (χ4v) is 3.90. The Morgan fingerprint density at radius 1 is 1.00 bits per heavy atom. The number of thiazole rings is 1. The zero-order valence-corrected chi connectivity index (χ0v) is 16.3. The lowest BCUT2D eigenvalue weighted by Gasteiger charge is -2.19. The first-order chi connectivity index (χ1) is 14.2. The number of hydrogen-bond acceptors (Lipinski definition) is 4. The number of carbonyl (C=O) groups is 1. The molecule has 2 aromatic carbocycles. The predicted octanol–water partition coefficient (Wildman–Crippen LogP) is 4.79. The molecule has 0 radical (unpaired) electrons. The number of nitrogens with one attached hydrogen (secondary N) is 1. The highest BCUT2D eigenvalue weighted by Gasteiger charge is 2.18. The molecule has 0 spiro atoms. The van der Waals surface area contributed by atoms with Gasteiger partial charge in [0.2, 0.25) is 5.91 Å². The van der Waals surface area contributed by atoms with Crippen LogP contribution < -0.4 is 5.32 Å². The number of nitrogens with zero attached hydrogens (tertiary/aromatic N) is 2. The first-order valence-electron chi connectivity index (χ1n) is 9.13. The normalized spacial score (nSPS) is 11.8. The van der Waals surface area contributed by atoms with Crippen molar-refractivity contribution in [1.29, 1.82) is 0 Å². The average molecular weight is 403 g/mol. The number of halogens is 1. The number of rotatable bonds is 6. The molecule has 1 N–H and O–H groups in total. The minimum absolute atomic E-state index is 0.133. The highest BCUT2D eigenvalue weighted by atomic mass is 32.1. The van der Waals surface area contributed by atoms with Crippen LogP contribution in [-0.2, 0) is 11.2 Å². The van der Waals surface area contributed by atoms with E-state index in [1.165, 1.54) is 23.5 Å². The Labute approximate surface area is 172 Å². The van der Waals surface area contributed by atoms with Crippen LogP contribution in [0.5, 0.6) is 0 Å². The summed E-state index contributed by atoms with van der Waals surface area (Å²) in [6, 6.07) is 19.6. The molecule has 2 aromatic heterocycles. The summed E-state index contributed by atoms with van der Waals surface area (Å²) in [6.07, 6.45) is 3.58. The molecule has 0 aliphatic carbocycles. The summed E-state index contributed by atoms with van der Waals surface area (Å²) in [6.45, 7) is 0. The lowest BCUT2D eigenvalue weighted by molar-refractivity contribution is -0.121. The molecule has 1 amide bonds. The Kier molecular flexibility index (Phi) is 5.72. The van der Waals surface area contributed by atoms with E-state index in [-0.39, 0.29) is 24.2 Å². The van der Waals surface area contributed by atoms with Crippen LogP contribution in [-0.4, -0.2) is 15.9 Å². The van der Waals surface area contributed by atoms with Crippen LogP contribution in [0.4, 0.5) is 4.39 Å². The van der Waals surface area contributed by atoms with E-state index in [1.807, 2.05) is 47.8 Å². The number of amides is 1. The van der Waals surface area contributed by atoms with Crippen LogP contribution in [0.25, 0.3) is 10.6 Å². The lowest BCUT2D eigenvalue weighted by Crippen LogP contribution is -2.30. The van der Waals surface area contributed by atoms with Crippen LogP contribution in [0.1, 0.15) is 22.9 Å². The Morgan fingerprint density at radius 2 is 1.76 bits per heavy atom. The van der Waals surface area contributed by atoms with Gasteiger partial charge in [0.1, 0.15) is 10.8 Å². The van der Waals surface area contributed by atoms with Gasteiger partial charge in [0.15, 0.2) is 0 Å².